The lowest BCUT2D eigenvalue weighted by Crippen LogP contribution is -2.56. The van der Waals surface area contributed by atoms with Crippen LogP contribution in [-0.2, 0) is 28.7 Å². The van der Waals surface area contributed by atoms with E-state index < -0.39 is 47.7 Å². The minimum Gasteiger partial charge on any atom is -0.455 e. The Balaban J connectivity index is 1.49. The first-order valence-corrected chi connectivity index (χ1v) is 17.8. The number of hydrogen-bond acceptors (Lipinski definition) is 7. The highest BCUT2D eigenvalue weighted by Crippen LogP contribution is 2.59. The zero-order valence-corrected chi connectivity index (χ0v) is 30.0. The van der Waals surface area contributed by atoms with Crippen LogP contribution in [0.25, 0.3) is 0 Å². The molecule has 2 fully saturated rings. The zero-order chi connectivity index (χ0) is 35.0. The molecule has 0 saturated carbocycles. The summed E-state index contributed by atoms with van der Waals surface area (Å²) >= 11 is 3.63. The molecule has 0 radical (unpaired) electrons. The number of aryl methyl sites for hydroxylation is 2. The maximum Gasteiger partial charge on any atom is 0.313 e. The Morgan fingerprint density at radius 3 is 2.47 bits per heavy atom. The smallest absolute Gasteiger partial charge is 0.313 e. The Hall–Kier alpha value is -3.80. The number of benzene rings is 2. The van der Waals surface area contributed by atoms with Crippen molar-refractivity contribution in [2.75, 3.05) is 31.6 Å². The number of aliphatic hydroxyl groups is 1. The predicted molar refractivity (Wildman–Crippen MR) is 188 cm³/mol. The number of cyclic esters (lactones) is 1. The summed E-state index contributed by atoms with van der Waals surface area (Å²) in [6, 6.07) is 13.6. The Morgan fingerprint density at radius 2 is 1.73 bits per heavy atom. The largest absolute Gasteiger partial charge is 0.455 e. The molecule has 4 aliphatic heterocycles. The van der Waals surface area contributed by atoms with Gasteiger partial charge >= 0.3 is 5.97 Å². The van der Waals surface area contributed by atoms with Gasteiger partial charge in [0.2, 0.25) is 11.8 Å². The van der Waals surface area contributed by atoms with Gasteiger partial charge < -0.3 is 29.3 Å². The number of hydrogen-bond donors (Lipinski definition) is 1. The fourth-order valence-corrected chi connectivity index (χ4v) is 8.50. The van der Waals surface area contributed by atoms with Gasteiger partial charge in [-0.1, -0.05) is 70.5 Å². The second-order valence-electron chi connectivity index (χ2n) is 13.6. The zero-order valence-electron chi connectivity index (χ0n) is 28.4. The van der Waals surface area contributed by atoms with Crippen molar-refractivity contribution in [3.05, 3.63) is 87.9 Å². The highest BCUT2D eigenvalue weighted by atomic mass is 79.9. The van der Waals surface area contributed by atoms with Crippen LogP contribution < -0.4 is 4.90 Å². The van der Waals surface area contributed by atoms with Crippen molar-refractivity contribution >= 4 is 45.3 Å². The molecule has 11 heteroatoms. The molecule has 0 aromatic heterocycles. The molecule has 7 atom stereocenters. The summed E-state index contributed by atoms with van der Waals surface area (Å²) in [5, 5.41) is 9.58. The molecular weight excluding hydrogens is 690 g/mol. The van der Waals surface area contributed by atoms with Crippen LogP contribution in [-0.4, -0.2) is 89.1 Å². The highest BCUT2D eigenvalue weighted by Gasteiger charge is 2.75. The van der Waals surface area contributed by atoms with Gasteiger partial charge in [-0.2, -0.15) is 0 Å². The van der Waals surface area contributed by atoms with Gasteiger partial charge in [-0.25, -0.2) is 0 Å². The summed E-state index contributed by atoms with van der Waals surface area (Å²) in [6.07, 6.45) is 5.55. The number of unbranched alkanes of at least 4 members (excludes halogenated alkanes) is 1. The molecule has 0 aliphatic carbocycles. The monoisotopic (exact) mass is 733 g/mol. The summed E-state index contributed by atoms with van der Waals surface area (Å²) in [6.45, 7) is 6.11. The average molecular weight is 735 g/mol. The summed E-state index contributed by atoms with van der Waals surface area (Å²) < 4.78 is 13.6. The number of likely N-dealkylation sites (tertiary alicyclic amines) is 1. The van der Waals surface area contributed by atoms with E-state index in [0.29, 0.717) is 29.4 Å². The second kappa shape index (κ2) is 14.2. The van der Waals surface area contributed by atoms with Crippen LogP contribution >= 0.6 is 15.9 Å². The van der Waals surface area contributed by atoms with E-state index >= 15 is 4.79 Å². The molecule has 3 amide bonds. The summed E-state index contributed by atoms with van der Waals surface area (Å²) in [5.74, 6) is -3.47. The summed E-state index contributed by atoms with van der Waals surface area (Å²) in [4.78, 5) is 62.4. The minimum absolute atomic E-state index is 0.0520. The van der Waals surface area contributed by atoms with Gasteiger partial charge in [0.05, 0.1) is 12.0 Å². The Bertz CT molecular complexity index is 1680. The van der Waals surface area contributed by atoms with Gasteiger partial charge in [0.15, 0.2) is 0 Å². The predicted octanol–water partition coefficient (Wildman–Crippen LogP) is 4.76. The van der Waals surface area contributed by atoms with Crippen LogP contribution in [0.4, 0.5) is 5.69 Å². The molecule has 5 bridgehead atoms. The highest BCUT2D eigenvalue weighted by molar-refractivity contribution is 9.11. The van der Waals surface area contributed by atoms with Crippen molar-refractivity contribution in [1.29, 1.82) is 0 Å². The summed E-state index contributed by atoms with van der Waals surface area (Å²) in [5.41, 5.74) is 1.86. The number of esters is 1. The first-order valence-electron chi connectivity index (χ1n) is 17.0. The topological polar surface area (TPSA) is 117 Å². The fraction of sp³-hybridized carbons (Fsp3) is 0.474. The lowest BCUT2D eigenvalue weighted by Gasteiger charge is -2.36. The fourth-order valence-electron chi connectivity index (χ4n) is 7.77. The molecule has 2 aromatic rings. The average Bonchev–Trinajstić information content (AvgIpc) is 3.68. The molecule has 260 valence electrons. The molecular formula is C38H44BrN3O7. The number of fused-ring (bicyclic) bond motifs is 2. The third-order valence-electron chi connectivity index (χ3n) is 10.5. The second-order valence-corrected chi connectivity index (χ2v) is 14.5. The molecule has 0 unspecified atom stereocenters. The number of allylic oxidation sites excluding steroid dienone is 1. The van der Waals surface area contributed by atoms with E-state index in [1.54, 1.807) is 27.8 Å². The van der Waals surface area contributed by atoms with Crippen molar-refractivity contribution in [3.8, 4) is 0 Å². The Labute approximate surface area is 295 Å². The van der Waals surface area contributed by atoms with Gasteiger partial charge in [0.25, 0.3) is 5.91 Å². The molecule has 2 aromatic carbocycles. The first-order chi connectivity index (χ1) is 23.5. The van der Waals surface area contributed by atoms with Gasteiger partial charge in [0, 0.05) is 43.3 Å². The van der Waals surface area contributed by atoms with Crippen molar-refractivity contribution in [2.45, 2.75) is 76.3 Å². The van der Waals surface area contributed by atoms with Gasteiger partial charge in [-0.3, -0.25) is 19.2 Å². The minimum atomic E-state index is -1.42. The van der Waals surface area contributed by atoms with Gasteiger partial charge in [-0.05, 0) is 68.9 Å². The van der Waals surface area contributed by atoms with Crippen molar-refractivity contribution in [2.24, 2.45) is 11.8 Å². The number of aliphatic hydroxyl groups excluding tert-OH is 1. The first kappa shape index (κ1) is 35.0. The van der Waals surface area contributed by atoms with E-state index in [1.807, 2.05) is 81.5 Å². The molecule has 10 nitrogen and oxygen atoms in total. The number of likely N-dealkylation sites (N-methyl/N-ethyl adjacent to an activating group) is 1. The normalized spacial score (nSPS) is 31.2. The number of carbonyl (C=O) groups is 4. The van der Waals surface area contributed by atoms with Crippen LogP contribution in [0.5, 0.6) is 0 Å². The van der Waals surface area contributed by atoms with E-state index in [-0.39, 0.29) is 43.8 Å². The van der Waals surface area contributed by atoms with Crippen LogP contribution in [0, 0.1) is 25.7 Å². The third-order valence-corrected chi connectivity index (χ3v) is 11.1. The Kier molecular flexibility index (Phi) is 10.2. The standard InChI is InChI=1S/C38H44BrN3O7/c1-23-16-17-24(2)28(21-23)41-18-10-6-9-15-29(44)40(4)25(3)32(26-13-7-5-8-14-26)48-37(47)30-31-35(45)42(19-11-12-20-43)34(36(41)46)38(31)22-27(39)33(30)49-38/h5-8,10,13-14,16-17,21-22,25,30-34,43H,9,11-12,15,18-20H2,1-4H3/b10-6-/t25-,30+,31-,32+,33+,34+,38-/m0/s1. The quantitative estimate of drug-likeness (QED) is 0.259. The van der Waals surface area contributed by atoms with E-state index in [0.717, 1.165) is 16.7 Å². The van der Waals surface area contributed by atoms with Crippen molar-refractivity contribution in [3.63, 3.8) is 0 Å². The van der Waals surface area contributed by atoms with Crippen LogP contribution in [0.1, 0.15) is 55.4 Å². The summed E-state index contributed by atoms with van der Waals surface area (Å²) in [7, 11) is 1.71. The number of amides is 3. The maximum absolute atomic E-state index is 15.1. The SMILES string of the molecule is Cc1ccc(C)c(N2C/C=C\CCC(=O)N(C)[C@@H](C)[C@H](c3ccccc3)OC(=O)[C@H]3[C@@H]4O[C@@]5(C=C4Br)[C@@H]3C(=O)N(CCCCO)[C@@H]5C2=O)c1. The molecule has 4 heterocycles. The number of ether oxygens (including phenoxy) is 2. The van der Waals surface area contributed by atoms with Crippen molar-refractivity contribution in [1.82, 2.24) is 9.80 Å². The molecule has 1 N–H and O–H groups in total. The Morgan fingerprint density at radius 1 is 0.980 bits per heavy atom. The molecule has 2 saturated heterocycles. The number of halogens is 1. The molecule has 1 spiro atoms. The lowest BCUT2D eigenvalue weighted by atomic mass is 9.74. The van der Waals surface area contributed by atoms with Crippen molar-refractivity contribution < 1.29 is 33.8 Å². The molecule has 4 aliphatic rings. The number of nitrogens with zero attached hydrogens (tertiary/aromatic N) is 3. The van der Waals surface area contributed by atoms with Crippen LogP contribution in [0.2, 0.25) is 0 Å². The van der Waals surface area contributed by atoms with E-state index in [1.165, 1.54) is 0 Å². The van der Waals surface area contributed by atoms with Gasteiger partial charge in [-0.15, -0.1) is 0 Å². The number of rotatable bonds is 6. The number of carbonyl (C=O) groups excluding carboxylic acids is 4. The molecule has 6 rings (SSSR count). The molecule has 49 heavy (non-hydrogen) atoms. The van der Waals surface area contributed by atoms with Gasteiger partial charge in [0.1, 0.15) is 29.8 Å². The van der Waals surface area contributed by atoms with E-state index in [4.69, 9.17) is 9.47 Å². The van der Waals surface area contributed by atoms with E-state index in [2.05, 4.69) is 15.9 Å². The maximum atomic E-state index is 15.1. The van der Waals surface area contributed by atoms with E-state index in [9.17, 15) is 19.5 Å². The lowest BCUT2D eigenvalue weighted by molar-refractivity contribution is -0.164. The number of anilines is 1. The third kappa shape index (κ3) is 6.25. The van der Waals surface area contributed by atoms with Crippen LogP contribution in [0.3, 0.4) is 0 Å². The van der Waals surface area contributed by atoms with Crippen LogP contribution in [0.15, 0.2) is 71.2 Å².